The first-order valence-electron chi connectivity index (χ1n) is 7.53. The van der Waals surface area contributed by atoms with Gasteiger partial charge in [-0.3, -0.25) is 4.79 Å². The zero-order chi connectivity index (χ0) is 17.2. The summed E-state index contributed by atoms with van der Waals surface area (Å²) >= 11 is 0. The SMILES string of the molecule is COc1ccccc1C1(CNC(=O)c2cnc(C(=O)O)cn2)CC1. The van der Waals surface area contributed by atoms with Gasteiger partial charge in [0.1, 0.15) is 11.4 Å². The highest BCUT2D eigenvalue weighted by atomic mass is 16.5. The Bertz CT molecular complexity index is 770. The van der Waals surface area contributed by atoms with E-state index in [-0.39, 0.29) is 22.7 Å². The molecule has 1 saturated carbocycles. The van der Waals surface area contributed by atoms with Gasteiger partial charge < -0.3 is 15.2 Å². The Morgan fingerprint density at radius 2 is 1.88 bits per heavy atom. The molecule has 2 aromatic rings. The zero-order valence-electron chi connectivity index (χ0n) is 13.2. The molecule has 7 nitrogen and oxygen atoms in total. The number of hydrogen-bond donors (Lipinski definition) is 2. The maximum atomic E-state index is 12.2. The molecule has 1 fully saturated rings. The van der Waals surface area contributed by atoms with Crippen molar-refractivity contribution in [1.29, 1.82) is 0 Å². The molecule has 2 N–H and O–H groups in total. The van der Waals surface area contributed by atoms with E-state index in [1.54, 1.807) is 7.11 Å². The predicted octanol–water partition coefficient (Wildman–Crippen LogP) is 1.64. The quantitative estimate of drug-likeness (QED) is 0.836. The van der Waals surface area contributed by atoms with E-state index in [1.807, 2.05) is 24.3 Å². The minimum atomic E-state index is -1.18. The van der Waals surface area contributed by atoms with E-state index >= 15 is 0 Å². The molecule has 1 aromatic heterocycles. The predicted molar refractivity (Wildman–Crippen MR) is 85.2 cm³/mol. The van der Waals surface area contributed by atoms with Crippen LogP contribution in [0.2, 0.25) is 0 Å². The van der Waals surface area contributed by atoms with Crippen molar-refractivity contribution in [2.24, 2.45) is 0 Å². The third-order valence-corrected chi connectivity index (χ3v) is 4.22. The number of benzene rings is 1. The Balaban J connectivity index is 1.69. The summed E-state index contributed by atoms with van der Waals surface area (Å²) in [5.74, 6) is -0.738. The smallest absolute Gasteiger partial charge is 0.356 e. The molecule has 124 valence electrons. The lowest BCUT2D eigenvalue weighted by Crippen LogP contribution is -2.33. The highest BCUT2D eigenvalue weighted by molar-refractivity contribution is 5.92. The Morgan fingerprint density at radius 1 is 1.21 bits per heavy atom. The monoisotopic (exact) mass is 327 g/mol. The average molecular weight is 327 g/mol. The molecule has 0 bridgehead atoms. The molecule has 1 heterocycles. The van der Waals surface area contributed by atoms with Crippen molar-refractivity contribution in [3.8, 4) is 5.75 Å². The second-order valence-corrected chi connectivity index (χ2v) is 5.76. The first-order valence-corrected chi connectivity index (χ1v) is 7.53. The number of methoxy groups -OCH3 is 1. The van der Waals surface area contributed by atoms with E-state index in [2.05, 4.69) is 15.3 Å². The number of amides is 1. The first kappa shape index (κ1) is 15.9. The molecule has 1 amide bonds. The molecule has 0 atom stereocenters. The fourth-order valence-corrected chi connectivity index (χ4v) is 2.67. The van der Waals surface area contributed by atoms with E-state index in [0.717, 1.165) is 30.4 Å². The van der Waals surface area contributed by atoms with Crippen LogP contribution in [0.25, 0.3) is 0 Å². The number of aromatic nitrogens is 2. The van der Waals surface area contributed by atoms with Crippen LogP contribution in [0, 0.1) is 0 Å². The number of hydrogen-bond acceptors (Lipinski definition) is 5. The highest BCUT2D eigenvalue weighted by Crippen LogP contribution is 2.50. The topological polar surface area (TPSA) is 101 Å². The largest absolute Gasteiger partial charge is 0.496 e. The van der Waals surface area contributed by atoms with Gasteiger partial charge in [-0.05, 0) is 18.9 Å². The lowest BCUT2D eigenvalue weighted by Gasteiger charge is -2.19. The van der Waals surface area contributed by atoms with E-state index in [1.165, 1.54) is 6.20 Å². The van der Waals surface area contributed by atoms with Crippen LogP contribution in [-0.4, -0.2) is 40.6 Å². The maximum Gasteiger partial charge on any atom is 0.356 e. The molecule has 0 radical (unpaired) electrons. The minimum absolute atomic E-state index is 0.0934. The number of carboxylic acids is 1. The molecule has 1 aliphatic carbocycles. The fourth-order valence-electron chi connectivity index (χ4n) is 2.67. The Kier molecular flexibility index (Phi) is 4.16. The van der Waals surface area contributed by atoms with E-state index in [4.69, 9.17) is 9.84 Å². The van der Waals surface area contributed by atoms with Crippen molar-refractivity contribution < 1.29 is 19.4 Å². The third-order valence-electron chi connectivity index (χ3n) is 4.22. The number of aromatic carboxylic acids is 1. The second-order valence-electron chi connectivity index (χ2n) is 5.76. The molecule has 7 heteroatoms. The van der Waals surface area contributed by atoms with Gasteiger partial charge in [-0.25, -0.2) is 14.8 Å². The van der Waals surface area contributed by atoms with Crippen LogP contribution in [0.15, 0.2) is 36.7 Å². The summed E-state index contributed by atoms with van der Waals surface area (Å²) < 4.78 is 5.41. The van der Waals surface area contributed by atoms with E-state index in [9.17, 15) is 9.59 Å². The minimum Gasteiger partial charge on any atom is -0.496 e. The van der Waals surface area contributed by atoms with Gasteiger partial charge in [0, 0.05) is 17.5 Å². The molecule has 0 spiro atoms. The molecular weight excluding hydrogens is 310 g/mol. The Hall–Kier alpha value is -2.96. The lowest BCUT2D eigenvalue weighted by atomic mass is 9.95. The van der Waals surface area contributed by atoms with Crippen LogP contribution in [0.3, 0.4) is 0 Å². The first-order chi connectivity index (χ1) is 11.6. The van der Waals surface area contributed by atoms with Gasteiger partial charge in [0.15, 0.2) is 5.69 Å². The Labute approximate surface area is 138 Å². The standard InChI is InChI=1S/C17H17N3O4/c1-24-14-5-3-2-4-11(14)17(6-7-17)10-20-15(21)12-8-19-13(9-18-12)16(22)23/h2-5,8-9H,6-7,10H2,1H3,(H,20,21)(H,22,23). The second kappa shape index (κ2) is 6.27. The number of rotatable bonds is 6. The normalized spacial score (nSPS) is 14.7. The zero-order valence-corrected chi connectivity index (χ0v) is 13.2. The van der Waals surface area contributed by atoms with Crippen molar-refractivity contribution >= 4 is 11.9 Å². The van der Waals surface area contributed by atoms with Gasteiger partial charge in [0.2, 0.25) is 0 Å². The number of nitrogens with zero attached hydrogens (tertiary/aromatic N) is 2. The van der Waals surface area contributed by atoms with Crippen LogP contribution >= 0.6 is 0 Å². The van der Waals surface area contributed by atoms with Crippen molar-refractivity contribution in [2.75, 3.05) is 13.7 Å². The number of nitrogens with one attached hydrogen (secondary N) is 1. The summed E-state index contributed by atoms with van der Waals surface area (Å²) in [6.07, 6.45) is 4.18. The van der Waals surface area contributed by atoms with Crippen molar-refractivity contribution in [3.63, 3.8) is 0 Å². The number of para-hydroxylation sites is 1. The van der Waals surface area contributed by atoms with E-state index in [0.29, 0.717) is 6.54 Å². The van der Waals surface area contributed by atoms with Gasteiger partial charge in [-0.2, -0.15) is 0 Å². The summed E-state index contributed by atoms with van der Waals surface area (Å²) in [6.45, 7) is 0.467. The molecule has 3 rings (SSSR count). The molecule has 0 aliphatic heterocycles. The molecule has 1 aliphatic rings. The summed E-state index contributed by atoms with van der Waals surface area (Å²) in [5, 5.41) is 11.6. The molecule has 1 aromatic carbocycles. The van der Waals surface area contributed by atoms with Gasteiger partial charge in [-0.1, -0.05) is 18.2 Å². The third kappa shape index (κ3) is 3.05. The van der Waals surface area contributed by atoms with Crippen LogP contribution in [-0.2, 0) is 5.41 Å². The van der Waals surface area contributed by atoms with Gasteiger partial charge in [0.25, 0.3) is 5.91 Å². The summed E-state index contributed by atoms with van der Waals surface area (Å²) in [7, 11) is 1.63. The van der Waals surface area contributed by atoms with Crippen LogP contribution < -0.4 is 10.1 Å². The fraction of sp³-hybridized carbons (Fsp3) is 0.294. The number of carboxylic acid groups (broad SMARTS) is 1. The molecule has 0 saturated heterocycles. The van der Waals surface area contributed by atoms with Crippen molar-refractivity contribution in [3.05, 3.63) is 53.6 Å². The van der Waals surface area contributed by atoms with Crippen molar-refractivity contribution in [1.82, 2.24) is 15.3 Å². The average Bonchev–Trinajstić information content (AvgIpc) is 3.41. The van der Waals surface area contributed by atoms with E-state index < -0.39 is 5.97 Å². The molecule has 24 heavy (non-hydrogen) atoms. The highest BCUT2D eigenvalue weighted by Gasteiger charge is 2.46. The number of carbonyl (C=O) groups is 2. The summed E-state index contributed by atoms with van der Waals surface area (Å²) in [6, 6.07) is 7.79. The summed E-state index contributed by atoms with van der Waals surface area (Å²) in [5.41, 5.74) is 0.867. The van der Waals surface area contributed by atoms with Gasteiger partial charge in [0.05, 0.1) is 19.5 Å². The van der Waals surface area contributed by atoms with Crippen LogP contribution in [0.5, 0.6) is 5.75 Å². The maximum absolute atomic E-state index is 12.2. The van der Waals surface area contributed by atoms with Gasteiger partial charge >= 0.3 is 5.97 Å². The van der Waals surface area contributed by atoms with Crippen LogP contribution in [0.4, 0.5) is 0 Å². The Morgan fingerprint density at radius 3 is 2.46 bits per heavy atom. The van der Waals surface area contributed by atoms with Gasteiger partial charge in [-0.15, -0.1) is 0 Å². The van der Waals surface area contributed by atoms with Crippen molar-refractivity contribution in [2.45, 2.75) is 18.3 Å². The molecular formula is C17H17N3O4. The molecule has 0 unspecified atom stereocenters. The summed E-state index contributed by atoms with van der Waals surface area (Å²) in [4.78, 5) is 30.5. The number of ether oxygens (including phenoxy) is 1. The lowest BCUT2D eigenvalue weighted by molar-refractivity contribution is 0.0689. The van der Waals surface area contributed by atoms with Crippen LogP contribution in [0.1, 0.15) is 39.4 Å². The number of carbonyl (C=O) groups excluding carboxylic acids is 1.